The molecule has 0 bridgehead atoms. The molecule has 0 fully saturated rings. The molecule has 0 radical (unpaired) electrons. The highest BCUT2D eigenvalue weighted by atomic mass is 79.9. The molecular formula is C19H19BrO3. The molecule has 0 aromatic heterocycles. The molecule has 120 valence electrons. The van der Waals surface area contributed by atoms with Crippen LogP contribution < -0.4 is 0 Å². The lowest BCUT2D eigenvalue weighted by molar-refractivity contribution is 0.0474. The van der Waals surface area contributed by atoms with Crippen LogP contribution in [0.1, 0.15) is 47.1 Å². The van der Waals surface area contributed by atoms with Gasteiger partial charge in [-0.15, -0.1) is 0 Å². The Bertz CT molecular complexity index is 712. The van der Waals surface area contributed by atoms with E-state index in [-0.39, 0.29) is 17.8 Å². The van der Waals surface area contributed by atoms with Crippen molar-refractivity contribution in [3.8, 4) is 0 Å². The van der Waals surface area contributed by atoms with Gasteiger partial charge in [0.2, 0.25) is 0 Å². The maximum Gasteiger partial charge on any atom is 0.338 e. The summed E-state index contributed by atoms with van der Waals surface area (Å²) in [6.07, 6.45) is 0. The lowest BCUT2D eigenvalue weighted by atomic mass is 9.86. The van der Waals surface area contributed by atoms with Crippen LogP contribution in [0.4, 0.5) is 0 Å². The van der Waals surface area contributed by atoms with Gasteiger partial charge in [0.05, 0.1) is 5.56 Å². The van der Waals surface area contributed by atoms with Gasteiger partial charge in [-0.3, -0.25) is 4.79 Å². The first-order valence-electron chi connectivity index (χ1n) is 7.34. The first-order chi connectivity index (χ1) is 10.8. The van der Waals surface area contributed by atoms with Crippen LogP contribution in [0, 0.1) is 0 Å². The molecule has 23 heavy (non-hydrogen) atoms. The Hall–Kier alpha value is -1.94. The molecule has 0 amide bonds. The van der Waals surface area contributed by atoms with E-state index in [1.807, 2.05) is 18.2 Å². The molecule has 0 saturated heterocycles. The quantitative estimate of drug-likeness (QED) is 0.570. The minimum absolute atomic E-state index is 0.0364. The van der Waals surface area contributed by atoms with Crippen molar-refractivity contribution < 1.29 is 14.3 Å². The fourth-order valence-electron chi connectivity index (χ4n) is 2.07. The molecular weight excluding hydrogens is 356 g/mol. The average Bonchev–Trinajstić information content (AvgIpc) is 2.51. The van der Waals surface area contributed by atoms with Crippen LogP contribution in [-0.2, 0) is 10.2 Å². The first-order valence-corrected chi connectivity index (χ1v) is 8.13. The second-order valence-corrected chi connectivity index (χ2v) is 7.25. The number of hydrogen-bond acceptors (Lipinski definition) is 3. The Kier molecular flexibility index (Phi) is 5.37. The molecule has 0 spiro atoms. The molecule has 0 aliphatic heterocycles. The van der Waals surface area contributed by atoms with Gasteiger partial charge in [0.1, 0.15) is 0 Å². The fraction of sp³-hybridized carbons (Fsp3) is 0.263. The zero-order valence-electron chi connectivity index (χ0n) is 13.4. The summed E-state index contributed by atoms with van der Waals surface area (Å²) in [4.78, 5) is 24.0. The van der Waals surface area contributed by atoms with Crippen LogP contribution in [0.5, 0.6) is 0 Å². The van der Waals surface area contributed by atoms with Crippen molar-refractivity contribution in [2.45, 2.75) is 26.2 Å². The van der Waals surface area contributed by atoms with Crippen molar-refractivity contribution in [2.24, 2.45) is 0 Å². The van der Waals surface area contributed by atoms with E-state index in [2.05, 4.69) is 36.7 Å². The van der Waals surface area contributed by atoms with Crippen molar-refractivity contribution in [1.29, 1.82) is 0 Å². The Morgan fingerprint density at radius 3 is 2.22 bits per heavy atom. The van der Waals surface area contributed by atoms with Crippen LogP contribution >= 0.6 is 15.9 Å². The third kappa shape index (κ3) is 4.76. The summed E-state index contributed by atoms with van der Waals surface area (Å²) in [7, 11) is 0. The van der Waals surface area contributed by atoms with Crippen molar-refractivity contribution >= 4 is 27.7 Å². The van der Waals surface area contributed by atoms with E-state index in [4.69, 9.17) is 4.74 Å². The number of benzene rings is 2. The van der Waals surface area contributed by atoms with Gasteiger partial charge in [-0.2, -0.15) is 0 Å². The predicted molar refractivity (Wildman–Crippen MR) is 93.9 cm³/mol. The highest BCUT2D eigenvalue weighted by Crippen LogP contribution is 2.22. The molecule has 0 aliphatic rings. The molecule has 0 saturated carbocycles. The number of Topliss-reactive ketones (excluding diaryl/α,β-unsaturated/α-hetero) is 1. The molecule has 2 aromatic carbocycles. The number of hydrogen-bond donors (Lipinski definition) is 0. The van der Waals surface area contributed by atoms with Crippen molar-refractivity contribution in [2.75, 3.05) is 6.61 Å². The fourth-order valence-corrected chi connectivity index (χ4v) is 2.47. The number of ketones is 1. The van der Waals surface area contributed by atoms with Crippen LogP contribution in [0.15, 0.2) is 53.0 Å². The minimum Gasteiger partial charge on any atom is -0.454 e. The van der Waals surface area contributed by atoms with E-state index >= 15 is 0 Å². The van der Waals surface area contributed by atoms with Gasteiger partial charge < -0.3 is 4.74 Å². The molecule has 0 N–H and O–H groups in total. The van der Waals surface area contributed by atoms with Crippen LogP contribution in [-0.4, -0.2) is 18.4 Å². The largest absolute Gasteiger partial charge is 0.454 e. The molecule has 3 nitrogen and oxygen atoms in total. The summed E-state index contributed by atoms with van der Waals surface area (Å²) in [5.41, 5.74) is 2.14. The third-order valence-electron chi connectivity index (χ3n) is 3.47. The molecule has 2 aromatic rings. The summed E-state index contributed by atoms with van der Waals surface area (Å²) in [5, 5.41) is 0. The minimum atomic E-state index is -0.508. The van der Waals surface area contributed by atoms with E-state index < -0.39 is 5.97 Å². The summed E-state index contributed by atoms with van der Waals surface area (Å²) in [5.74, 6) is -0.722. The highest BCUT2D eigenvalue weighted by molar-refractivity contribution is 9.10. The van der Waals surface area contributed by atoms with Crippen LogP contribution in [0.25, 0.3) is 0 Å². The molecule has 0 unspecified atom stereocenters. The standard InChI is InChI=1S/C19H19BrO3/c1-19(2,3)15-9-7-13(8-10-15)17(21)12-23-18(22)14-5-4-6-16(20)11-14/h4-11H,12H2,1-3H3. The van der Waals surface area contributed by atoms with E-state index in [0.29, 0.717) is 11.1 Å². The topological polar surface area (TPSA) is 43.4 Å². The lowest BCUT2D eigenvalue weighted by Crippen LogP contribution is -2.15. The maximum atomic E-state index is 12.1. The van der Waals surface area contributed by atoms with Crippen molar-refractivity contribution in [3.05, 3.63) is 69.7 Å². The number of halogens is 1. The van der Waals surface area contributed by atoms with Gasteiger partial charge in [-0.1, -0.05) is 67.0 Å². The summed E-state index contributed by atoms with van der Waals surface area (Å²) in [6, 6.07) is 14.3. The zero-order chi connectivity index (χ0) is 17.0. The van der Waals surface area contributed by atoms with Crippen LogP contribution in [0.2, 0.25) is 0 Å². The number of ether oxygens (including phenoxy) is 1. The zero-order valence-corrected chi connectivity index (χ0v) is 15.0. The number of carbonyl (C=O) groups is 2. The van der Waals surface area contributed by atoms with Crippen LogP contribution in [0.3, 0.4) is 0 Å². The number of esters is 1. The van der Waals surface area contributed by atoms with Gasteiger partial charge in [0.15, 0.2) is 12.4 Å². The maximum absolute atomic E-state index is 12.1. The van der Waals surface area contributed by atoms with Crippen molar-refractivity contribution in [1.82, 2.24) is 0 Å². The average molecular weight is 375 g/mol. The third-order valence-corrected chi connectivity index (χ3v) is 3.96. The van der Waals surface area contributed by atoms with E-state index in [9.17, 15) is 9.59 Å². The van der Waals surface area contributed by atoms with Gasteiger partial charge in [-0.25, -0.2) is 4.79 Å². The predicted octanol–water partition coefficient (Wildman–Crippen LogP) is 4.79. The van der Waals surface area contributed by atoms with Gasteiger partial charge in [-0.05, 0) is 29.2 Å². The number of carbonyl (C=O) groups excluding carboxylic acids is 2. The van der Waals surface area contributed by atoms with E-state index in [1.54, 1.807) is 30.3 Å². The molecule has 4 heteroatoms. The normalized spacial score (nSPS) is 11.1. The van der Waals surface area contributed by atoms with Gasteiger partial charge in [0.25, 0.3) is 0 Å². The number of rotatable bonds is 4. The van der Waals surface area contributed by atoms with E-state index in [0.717, 1.165) is 10.0 Å². The Morgan fingerprint density at radius 2 is 1.65 bits per heavy atom. The second kappa shape index (κ2) is 7.09. The smallest absolute Gasteiger partial charge is 0.338 e. The molecule has 2 rings (SSSR count). The first kappa shape index (κ1) is 17.4. The summed E-state index contributed by atoms with van der Waals surface area (Å²) in [6.45, 7) is 6.08. The van der Waals surface area contributed by atoms with Gasteiger partial charge in [0, 0.05) is 10.0 Å². The monoisotopic (exact) mass is 374 g/mol. The molecule has 0 heterocycles. The Labute approximate surface area is 144 Å². The Morgan fingerprint density at radius 1 is 1.00 bits per heavy atom. The molecule has 0 aliphatic carbocycles. The SMILES string of the molecule is CC(C)(C)c1ccc(C(=O)COC(=O)c2cccc(Br)c2)cc1. The highest BCUT2D eigenvalue weighted by Gasteiger charge is 2.15. The molecule has 0 atom stereocenters. The second-order valence-electron chi connectivity index (χ2n) is 6.34. The summed E-state index contributed by atoms with van der Waals surface area (Å²) >= 11 is 3.30. The Balaban J connectivity index is 1.98. The van der Waals surface area contributed by atoms with E-state index in [1.165, 1.54) is 0 Å². The summed E-state index contributed by atoms with van der Waals surface area (Å²) < 4.78 is 5.88. The van der Waals surface area contributed by atoms with Gasteiger partial charge >= 0.3 is 5.97 Å². The van der Waals surface area contributed by atoms with Crippen molar-refractivity contribution in [3.63, 3.8) is 0 Å². The lowest BCUT2D eigenvalue weighted by Gasteiger charge is -2.18.